The number of rotatable bonds is 8. The summed E-state index contributed by atoms with van der Waals surface area (Å²) in [7, 11) is -1.74. The van der Waals surface area contributed by atoms with E-state index in [0.29, 0.717) is 64.5 Å². The Morgan fingerprint density at radius 1 is 0.730 bits per heavy atom. The third-order valence-electron chi connectivity index (χ3n) is 5.67. The van der Waals surface area contributed by atoms with E-state index in [1.165, 1.54) is 0 Å². The molecule has 0 aromatic heterocycles. The van der Waals surface area contributed by atoms with E-state index in [9.17, 15) is 26.3 Å². The number of hydrogen-bond acceptors (Lipinski definition) is 3. The monoisotopic (exact) mass is 544 g/mol. The Morgan fingerprint density at radius 3 is 1.46 bits per heavy atom. The van der Waals surface area contributed by atoms with Crippen LogP contribution in [0.5, 0.6) is 0 Å². The number of aliphatic imine (C=N–C) groups is 2. The van der Waals surface area contributed by atoms with Crippen LogP contribution in [-0.4, -0.2) is 26.3 Å². The van der Waals surface area contributed by atoms with Crippen molar-refractivity contribution >= 4 is 31.1 Å². The predicted molar refractivity (Wildman–Crippen MR) is 140 cm³/mol. The van der Waals surface area contributed by atoms with Gasteiger partial charge in [-0.1, -0.05) is 0 Å². The molecule has 2 aromatic carbocycles. The minimum atomic E-state index is -4.47. The SMILES string of the molecule is CC(=Nc1c(C)cc(C(F)(F)F)cc1C)C(CCCO[Si](C)(C)C)=Nc1c(C)cc(C(F)(F)F)cc1C. The van der Waals surface area contributed by atoms with Gasteiger partial charge in [0.1, 0.15) is 0 Å². The second-order valence-corrected chi connectivity index (χ2v) is 14.7. The van der Waals surface area contributed by atoms with Gasteiger partial charge in [-0.2, -0.15) is 26.3 Å². The molecule has 0 bridgehead atoms. The van der Waals surface area contributed by atoms with Crippen LogP contribution in [0.4, 0.5) is 37.7 Å². The number of aryl methyl sites for hydroxylation is 4. The summed E-state index contributed by atoms with van der Waals surface area (Å²) >= 11 is 0. The Bertz CT molecular complexity index is 1140. The molecule has 3 nitrogen and oxygen atoms in total. The summed E-state index contributed by atoms with van der Waals surface area (Å²) in [6, 6.07) is 4.24. The summed E-state index contributed by atoms with van der Waals surface area (Å²) in [6.45, 7) is 14.7. The molecule has 0 amide bonds. The average molecular weight is 545 g/mol. The first-order valence-electron chi connectivity index (χ1n) is 11.9. The molecule has 0 atom stereocenters. The van der Waals surface area contributed by atoms with Gasteiger partial charge in [0.25, 0.3) is 0 Å². The van der Waals surface area contributed by atoms with Gasteiger partial charge in [-0.05, 0) is 114 Å². The van der Waals surface area contributed by atoms with Crippen LogP contribution in [0.1, 0.15) is 53.1 Å². The summed E-state index contributed by atoms with van der Waals surface area (Å²) in [4.78, 5) is 9.35. The van der Waals surface area contributed by atoms with E-state index in [4.69, 9.17) is 9.42 Å². The van der Waals surface area contributed by atoms with Gasteiger partial charge >= 0.3 is 12.4 Å². The zero-order chi connectivity index (χ0) is 28.3. The molecule has 0 heterocycles. The Labute approximate surface area is 215 Å². The van der Waals surface area contributed by atoms with Gasteiger partial charge in [0.05, 0.1) is 33.9 Å². The maximum Gasteiger partial charge on any atom is 0.416 e. The van der Waals surface area contributed by atoms with E-state index in [2.05, 4.69) is 24.6 Å². The van der Waals surface area contributed by atoms with Crippen LogP contribution in [-0.2, 0) is 16.8 Å². The molecule has 204 valence electrons. The second-order valence-electron chi connectivity index (χ2n) is 10.2. The molecule has 0 fully saturated rings. The fourth-order valence-corrected chi connectivity index (χ4v) is 4.65. The number of hydrogen-bond donors (Lipinski definition) is 0. The van der Waals surface area contributed by atoms with Crippen molar-refractivity contribution < 1.29 is 30.8 Å². The topological polar surface area (TPSA) is 34.0 Å². The Kier molecular flexibility index (Phi) is 9.57. The minimum absolute atomic E-state index is 0.370. The molecular weight excluding hydrogens is 510 g/mol. The molecule has 0 spiro atoms. The molecule has 0 saturated carbocycles. The van der Waals surface area contributed by atoms with Crippen molar-refractivity contribution in [1.29, 1.82) is 0 Å². The van der Waals surface area contributed by atoms with Gasteiger partial charge in [0.2, 0.25) is 0 Å². The normalized spacial score (nSPS) is 13.9. The van der Waals surface area contributed by atoms with Crippen molar-refractivity contribution in [2.45, 2.75) is 79.5 Å². The maximum absolute atomic E-state index is 13.3. The fraction of sp³-hybridized carbons (Fsp3) is 0.481. The van der Waals surface area contributed by atoms with Crippen LogP contribution in [0.2, 0.25) is 19.6 Å². The molecule has 0 unspecified atom stereocenters. The van der Waals surface area contributed by atoms with E-state index in [0.717, 1.165) is 24.3 Å². The van der Waals surface area contributed by atoms with Crippen LogP contribution in [0.15, 0.2) is 34.3 Å². The maximum atomic E-state index is 13.3. The lowest BCUT2D eigenvalue weighted by Crippen LogP contribution is -2.26. The Morgan fingerprint density at radius 2 is 1.11 bits per heavy atom. The standard InChI is InChI=1S/C27H34F6N2OSi/c1-16-12-21(26(28,29)30)13-17(2)24(16)34-20(5)23(10-9-11-36-37(6,7)8)35-25-18(3)14-22(15-19(25)4)27(31,32)33/h12-15H,9-11H2,1-8H3. The number of benzene rings is 2. The average Bonchev–Trinajstić information content (AvgIpc) is 2.72. The third kappa shape index (κ3) is 8.81. The lowest BCUT2D eigenvalue weighted by Gasteiger charge is -2.18. The summed E-state index contributed by atoms with van der Waals surface area (Å²) < 4.78 is 85.3. The molecule has 10 heteroatoms. The molecule has 0 saturated heterocycles. The lowest BCUT2D eigenvalue weighted by molar-refractivity contribution is -0.138. The minimum Gasteiger partial charge on any atom is -0.418 e. The van der Waals surface area contributed by atoms with E-state index in [-0.39, 0.29) is 0 Å². The van der Waals surface area contributed by atoms with E-state index < -0.39 is 31.8 Å². The van der Waals surface area contributed by atoms with Crippen molar-refractivity contribution in [3.8, 4) is 0 Å². The van der Waals surface area contributed by atoms with Gasteiger partial charge in [-0.3, -0.25) is 9.98 Å². The first kappa shape index (κ1) is 30.8. The van der Waals surface area contributed by atoms with Gasteiger partial charge in [-0.25, -0.2) is 0 Å². The Balaban J connectivity index is 2.55. The predicted octanol–water partition coefficient (Wildman–Crippen LogP) is 9.45. The van der Waals surface area contributed by atoms with Gasteiger partial charge < -0.3 is 4.43 Å². The first-order valence-corrected chi connectivity index (χ1v) is 15.3. The molecule has 0 aliphatic heterocycles. The van der Waals surface area contributed by atoms with Crippen LogP contribution >= 0.6 is 0 Å². The molecular formula is C27H34F6N2OSi. The molecule has 2 aromatic rings. The molecule has 37 heavy (non-hydrogen) atoms. The zero-order valence-electron chi connectivity index (χ0n) is 22.5. The molecule has 0 N–H and O–H groups in total. The summed E-state index contributed by atoms with van der Waals surface area (Å²) in [5.41, 5.74) is 1.87. The van der Waals surface area contributed by atoms with Crippen LogP contribution in [0.25, 0.3) is 0 Å². The molecule has 0 aliphatic rings. The number of alkyl halides is 6. The van der Waals surface area contributed by atoms with E-state index >= 15 is 0 Å². The lowest BCUT2D eigenvalue weighted by atomic mass is 10.0. The van der Waals surface area contributed by atoms with Crippen LogP contribution in [0.3, 0.4) is 0 Å². The highest BCUT2D eigenvalue weighted by Crippen LogP contribution is 2.36. The first-order chi connectivity index (χ1) is 16.8. The smallest absolute Gasteiger partial charge is 0.416 e. The third-order valence-corrected chi connectivity index (χ3v) is 6.74. The highest BCUT2D eigenvalue weighted by molar-refractivity contribution is 6.69. The van der Waals surface area contributed by atoms with Crippen molar-refractivity contribution in [3.05, 3.63) is 57.6 Å². The van der Waals surface area contributed by atoms with Gasteiger partial charge in [0.15, 0.2) is 8.32 Å². The molecule has 0 aliphatic carbocycles. The van der Waals surface area contributed by atoms with Gasteiger partial charge in [0, 0.05) is 6.61 Å². The summed E-state index contributed by atoms with van der Waals surface area (Å²) in [5, 5.41) is 0. The van der Waals surface area contributed by atoms with E-state index in [1.54, 1.807) is 34.6 Å². The Hall–Kier alpha value is -2.46. The number of halogens is 6. The van der Waals surface area contributed by atoms with Crippen LogP contribution in [0, 0.1) is 27.7 Å². The molecule has 2 rings (SSSR count). The van der Waals surface area contributed by atoms with Crippen molar-refractivity contribution in [2.75, 3.05) is 6.61 Å². The van der Waals surface area contributed by atoms with E-state index in [1.807, 2.05) is 0 Å². The highest BCUT2D eigenvalue weighted by Gasteiger charge is 2.32. The fourth-order valence-electron chi connectivity index (χ4n) is 3.89. The second kappa shape index (κ2) is 11.5. The summed E-state index contributed by atoms with van der Waals surface area (Å²) in [6.07, 6.45) is -7.88. The largest absolute Gasteiger partial charge is 0.418 e. The molecule has 0 radical (unpaired) electrons. The highest BCUT2D eigenvalue weighted by atomic mass is 28.4. The van der Waals surface area contributed by atoms with Crippen molar-refractivity contribution in [1.82, 2.24) is 0 Å². The van der Waals surface area contributed by atoms with Crippen molar-refractivity contribution in [2.24, 2.45) is 9.98 Å². The van der Waals surface area contributed by atoms with Crippen LogP contribution < -0.4 is 0 Å². The quantitative estimate of drug-likeness (QED) is 0.141. The summed E-state index contributed by atoms with van der Waals surface area (Å²) in [5.74, 6) is 0. The van der Waals surface area contributed by atoms with Crippen molar-refractivity contribution in [3.63, 3.8) is 0 Å². The zero-order valence-corrected chi connectivity index (χ0v) is 23.5. The number of nitrogens with zero attached hydrogens (tertiary/aromatic N) is 2. The van der Waals surface area contributed by atoms with Gasteiger partial charge in [-0.15, -0.1) is 0 Å².